The molecule has 0 bridgehead atoms. The van der Waals surface area contributed by atoms with Gasteiger partial charge in [-0.3, -0.25) is 10.1 Å². The Morgan fingerprint density at radius 1 is 1.44 bits per heavy atom. The maximum absolute atomic E-state index is 10.5. The van der Waals surface area contributed by atoms with Crippen molar-refractivity contribution in [1.82, 2.24) is 0 Å². The van der Waals surface area contributed by atoms with Gasteiger partial charge in [-0.1, -0.05) is 24.3 Å². The normalized spacial score (nSPS) is 12.6. The molecule has 0 aliphatic heterocycles. The summed E-state index contributed by atoms with van der Waals surface area (Å²) in [5.41, 5.74) is 0.926. The van der Waals surface area contributed by atoms with Crippen molar-refractivity contribution in [2.75, 3.05) is 13.7 Å². The fraction of sp³-hybridized carbons (Fsp3) is 0.333. The highest BCUT2D eigenvalue weighted by Gasteiger charge is 2.14. The van der Waals surface area contributed by atoms with Crippen molar-refractivity contribution in [2.45, 2.75) is 12.8 Å². The molecule has 0 aliphatic rings. The molecule has 0 saturated heterocycles. The van der Waals surface area contributed by atoms with Crippen LogP contribution in [0.5, 0.6) is 5.75 Å². The molecule has 0 aromatic heterocycles. The van der Waals surface area contributed by atoms with E-state index in [1.54, 1.807) is 7.11 Å². The summed E-state index contributed by atoms with van der Waals surface area (Å²) < 4.78 is 5.04. The van der Waals surface area contributed by atoms with Crippen LogP contribution in [0.3, 0.4) is 0 Å². The molecule has 0 unspecified atom stereocenters. The Bertz CT molecular complexity index is 370. The third-order valence-corrected chi connectivity index (χ3v) is 2.31. The third-order valence-electron chi connectivity index (χ3n) is 2.31. The number of benzene rings is 1. The standard InChI is InChI=1S/C12H15NO3/c1-3-4-11(9-13(14)15)10-5-7-12(16-2)8-6-10/h3-8,11H,9H2,1-2H3/b4-3+/t11-/m1/s1. The molecule has 16 heavy (non-hydrogen) atoms. The minimum Gasteiger partial charge on any atom is -0.497 e. The number of methoxy groups -OCH3 is 1. The minimum absolute atomic E-state index is 0.0866. The molecule has 1 rings (SSSR count). The van der Waals surface area contributed by atoms with E-state index < -0.39 is 0 Å². The lowest BCUT2D eigenvalue weighted by atomic mass is 9.99. The van der Waals surface area contributed by atoms with Gasteiger partial charge in [0, 0.05) is 4.92 Å². The van der Waals surface area contributed by atoms with Gasteiger partial charge in [0.25, 0.3) is 0 Å². The van der Waals surface area contributed by atoms with Crippen LogP contribution in [-0.4, -0.2) is 18.6 Å². The second-order valence-corrected chi connectivity index (χ2v) is 3.42. The quantitative estimate of drug-likeness (QED) is 0.436. The topological polar surface area (TPSA) is 52.4 Å². The van der Waals surface area contributed by atoms with Gasteiger partial charge in [-0.25, -0.2) is 0 Å². The predicted octanol–water partition coefficient (Wildman–Crippen LogP) is 2.63. The summed E-state index contributed by atoms with van der Waals surface area (Å²) in [6.45, 7) is 1.77. The van der Waals surface area contributed by atoms with Crippen LogP contribution in [0.15, 0.2) is 36.4 Å². The summed E-state index contributed by atoms with van der Waals surface area (Å²) in [4.78, 5) is 10.2. The summed E-state index contributed by atoms with van der Waals surface area (Å²) in [7, 11) is 1.59. The molecule has 0 aliphatic carbocycles. The van der Waals surface area contributed by atoms with Crippen molar-refractivity contribution in [3.63, 3.8) is 0 Å². The van der Waals surface area contributed by atoms with E-state index in [1.165, 1.54) is 0 Å². The lowest BCUT2D eigenvalue weighted by Gasteiger charge is -2.09. The Morgan fingerprint density at radius 2 is 2.06 bits per heavy atom. The third kappa shape index (κ3) is 3.38. The second kappa shape index (κ2) is 5.90. The first-order valence-corrected chi connectivity index (χ1v) is 5.06. The van der Waals surface area contributed by atoms with Crippen LogP contribution in [0.25, 0.3) is 0 Å². The van der Waals surface area contributed by atoms with Crippen molar-refractivity contribution >= 4 is 0 Å². The average molecular weight is 221 g/mol. The highest BCUT2D eigenvalue weighted by atomic mass is 16.6. The molecule has 4 heteroatoms. The number of nitro groups is 1. The van der Waals surface area contributed by atoms with Crippen LogP contribution < -0.4 is 4.74 Å². The highest BCUT2D eigenvalue weighted by Crippen LogP contribution is 2.20. The summed E-state index contributed by atoms with van der Waals surface area (Å²) in [5, 5.41) is 10.5. The number of hydrogen-bond donors (Lipinski definition) is 0. The van der Waals surface area contributed by atoms with Crippen LogP contribution in [-0.2, 0) is 0 Å². The van der Waals surface area contributed by atoms with Crippen molar-refractivity contribution in [2.24, 2.45) is 0 Å². The van der Waals surface area contributed by atoms with E-state index in [4.69, 9.17) is 4.74 Å². The monoisotopic (exact) mass is 221 g/mol. The maximum Gasteiger partial charge on any atom is 0.214 e. The largest absolute Gasteiger partial charge is 0.497 e. The van der Waals surface area contributed by atoms with Crippen LogP contribution >= 0.6 is 0 Å². The van der Waals surface area contributed by atoms with Gasteiger partial charge in [-0.15, -0.1) is 0 Å². The van der Waals surface area contributed by atoms with Gasteiger partial charge in [-0.2, -0.15) is 0 Å². The zero-order valence-electron chi connectivity index (χ0n) is 9.42. The first-order chi connectivity index (χ1) is 7.67. The molecule has 0 amide bonds. The van der Waals surface area contributed by atoms with Gasteiger partial charge in [0.15, 0.2) is 0 Å². The fourth-order valence-corrected chi connectivity index (χ4v) is 1.52. The number of nitrogens with zero attached hydrogens (tertiary/aromatic N) is 1. The summed E-state index contributed by atoms with van der Waals surface area (Å²) >= 11 is 0. The SMILES string of the molecule is C/C=C/[C@H](C[N+](=O)[O-])c1ccc(OC)cc1. The van der Waals surface area contributed by atoms with E-state index in [0.717, 1.165) is 11.3 Å². The Balaban J connectivity index is 2.87. The number of hydrogen-bond acceptors (Lipinski definition) is 3. The van der Waals surface area contributed by atoms with E-state index in [-0.39, 0.29) is 17.4 Å². The summed E-state index contributed by atoms with van der Waals surface area (Å²) in [6.07, 6.45) is 3.67. The Kier molecular flexibility index (Phi) is 4.51. The first-order valence-electron chi connectivity index (χ1n) is 5.06. The molecular formula is C12H15NO3. The van der Waals surface area contributed by atoms with Gasteiger partial charge >= 0.3 is 0 Å². The second-order valence-electron chi connectivity index (χ2n) is 3.42. The molecule has 0 spiro atoms. The average Bonchev–Trinajstić information content (AvgIpc) is 2.28. The van der Waals surface area contributed by atoms with Gasteiger partial charge in [0.2, 0.25) is 6.54 Å². The lowest BCUT2D eigenvalue weighted by Crippen LogP contribution is -2.10. The zero-order chi connectivity index (χ0) is 12.0. The summed E-state index contributed by atoms with van der Waals surface area (Å²) in [5.74, 6) is 0.579. The minimum atomic E-state index is -0.297. The maximum atomic E-state index is 10.5. The van der Waals surface area contributed by atoms with Crippen LogP contribution in [0, 0.1) is 10.1 Å². The van der Waals surface area contributed by atoms with Crippen molar-refractivity contribution < 1.29 is 9.66 Å². The van der Waals surface area contributed by atoms with E-state index in [9.17, 15) is 10.1 Å². The number of ether oxygens (including phenoxy) is 1. The van der Waals surface area contributed by atoms with E-state index >= 15 is 0 Å². The zero-order valence-corrected chi connectivity index (χ0v) is 9.42. The van der Waals surface area contributed by atoms with Crippen LogP contribution in [0.1, 0.15) is 18.4 Å². The van der Waals surface area contributed by atoms with E-state index in [0.29, 0.717) is 0 Å². The molecule has 86 valence electrons. The Morgan fingerprint density at radius 3 is 2.50 bits per heavy atom. The molecule has 1 aromatic carbocycles. The van der Waals surface area contributed by atoms with Crippen molar-refractivity contribution in [1.29, 1.82) is 0 Å². The van der Waals surface area contributed by atoms with Gasteiger partial charge in [0.1, 0.15) is 5.75 Å². The molecule has 0 heterocycles. The molecule has 0 radical (unpaired) electrons. The summed E-state index contributed by atoms with van der Waals surface area (Å²) in [6, 6.07) is 7.33. The molecule has 1 atom stereocenters. The van der Waals surface area contributed by atoms with Crippen molar-refractivity contribution in [3.05, 3.63) is 52.1 Å². The lowest BCUT2D eigenvalue weighted by molar-refractivity contribution is -0.481. The number of allylic oxidation sites excluding steroid dienone is 1. The Labute approximate surface area is 94.7 Å². The van der Waals surface area contributed by atoms with Gasteiger partial charge < -0.3 is 4.74 Å². The van der Waals surface area contributed by atoms with Gasteiger partial charge in [-0.05, 0) is 24.6 Å². The first kappa shape index (κ1) is 12.2. The van der Waals surface area contributed by atoms with E-state index in [2.05, 4.69) is 0 Å². The fourth-order valence-electron chi connectivity index (χ4n) is 1.52. The molecule has 1 aromatic rings. The van der Waals surface area contributed by atoms with E-state index in [1.807, 2.05) is 43.3 Å². The highest BCUT2D eigenvalue weighted by molar-refractivity contribution is 5.31. The molecular weight excluding hydrogens is 206 g/mol. The number of rotatable bonds is 5. The molecule has 4 nitrogen and oxygen atoms in total. The molecule has 0 fully saturated rings. The van der Waals surface area contributed by atoms with Gasteiger partial charge in [0.05, 0.1) is 13.0 Å². The van der Waals surface area contributed by atoms with Crippen LogP contribution in [0.4, 0.5) is 0 Å². The molecule has 0 N–H and O–H groups in total. The molecule has 0 saturated carbocycles. The predicted molar refractivity (Wildman–Crippen MR) is 62.4 cm³/mol. The van der Waals surface area contributed by atoms with Crippen LogP contribution in [0.2, 0.25) is 0 Å². The van der Waals surface area contributed by atoms with Crippen molar-refractivity contribution in [3.8, 4) is 5.75 Å². The smallest absolute Gasteiger partial charge is 0.214 e. The Hall–Kier alpha value is -1.84.